The summed E-state index contributed by atoms with van der Waals surface area (Å²) < 4.78 is 2.73. The fourth-order valence-electron chi connectivity index (χ4n) is 1.98. The Balaban J connectivity index is 2.21. The Morgan fingerprint density at radius 3 is 2.76 bits per heavy atom. The summed E-state index contributed by atoms with van der Waals surface area (Å²) in [6.07, 6.45) is 1.73. The van der Waals surface area contributed by atoms with Crippen LogP contribution in [0.1, 0.15) is 23.0 Å². The van der Waals surface area contributed by atoms with Crippen molar-refractivity contribution in [1.82, 2.24) is 14.7 Å². The molecule has 0 aliphatic carbocycles. The second kappa shape index (κ2) is 6.81. The van der Waals surface area contributed by atoms with Gasteiger partial charge in [0.25, 0.3) is 5.91 Å². The van der Waals surface area contributed by atoms with Crippen LogP contribution in [0.25, 0.3) is 0 Å². The minimum absolute atomic E-state index is 0.160. The van der Waals surface area contributed by atoms with Crippen molar-refractivity contribution in [1.29, 1.82) is 0 Å². The molecule has 1 amide bonds. The third-order valence-corrected chi connectivity index (χ3v) is 4.30. The van der Waals surface area contributed by atoms with Crippen LogP contribution >= 0.6 is 39.1 Å². The maximum Gasteiger partial charge on any atom is 0.255 e. The number of hydrogen-bond donors (Lipinski definition) is 0. The number of amides is 1. The zero-order valence-electron chi connectivity index (χ0n) is 11.6. The topological polar surface area (TPSA) is 38.1 Å². The van der Waals surface area contributed by atoms with E-state index in [0.29, 0.717) is 22.2 Å². The van der Waals surface area contributed by atoms with Crippen LogP contribution in [0, 0.1) is 0 Å². The molecule has 4 nitrogen and oxygen atoms in total. The number of aromatic nitrogens is 2. The quantitative estimate of drug-likeness (QED) is 0.782. The molecule has 0 saturated heterocycles. The molecule has 0 spiro atoms. The van der Waals surface area contributed by atoms with Crippen LogP contribution in [0.4, 0.5) is 0 Å². The average molecular weight is 391 g/mol. The zero-order valence-corrected chi connectivity index (χ0v) is 14.7. The molecular formula is C14H14BrCl2N3O. The van der Waals surface area contributed by atoms with Crippen molar-refractivity contribution < 1.29 is 4.79 Å². The molecule has 0 saturated carbocycles. The van der Waals surface area contributed by atoms with E-state index in [1.165, 1.54) is 0 Å². The first-order valence-corrected chi connectivity index (χ1v) is 7.89. The lowest BCUT2D eigenvalue weighted by Crippen LogP contribution is -2.27. The summed E-state index contributed by atoms with van der Waals surface area (Å²) in [6, 6.07) is 4.85. The van der Waals surface area contributed by atoms with Crippen LogP contribution < -0.4 is 0 Å². The first-order chi connectivity index (χ1) is 9.93. The summed E-state index contributed by atoms with van der Waals surface area (Å²) >= 11 is 15.4. The lowest BCUT2D eigenvalue weighted by Gasteiger charge is -2.19. The predicted molar refractivity (Wildman–Crippen MR) is 87.9 cm³/mol. The number of nitrogens with zero attached hydrogens (tertiary/aromatic N) is 3. The highest BCUT2D eigenvalue weighted by molar-refractivity contribution is 9.10. The van der Waals surface area contributed by atoms with E-state index in [2.05, 4.69) is 21.0 Å². The number of carbonyl (C=O) groups is 1. The van der Waals surface area contributed by atoms with Gasteiger partial charge in [-0.25, -0.2) is 0 Å². The molecule has 0 aliphatic heterocycles. The highest BCUT2D eigenvalue weighted by atomic mass is 79.9. The molecule has 1 aromatic heterocycles. The molecule has 0 N–H and O–H groups in total. The van der Waals surface area contributed by atoms with Crippen LogP contribution in [0.15, 0.2) is 28.9 Å². The van der Waals surface area contributed by atoms with Crippen molar-refractivity contribution in [2.45, 2.75) is 20.0 Å². The Morgan fingerprint density at radius 1 is 1.43 bits per heavy atom. The molecule has 21 heavy (non-hydrogen) atoms. The van der Waals surface area contributed by atoms with Gasteiger partial charge in [-0.15, -0.1) is 0 Å². The van der Waals surface area contributed by atoms with E-state index < -0.39 is 0 Å². The lowest BCUT2D eigenvalue weighted by atomic mass is 10.2. The van der Waals surface area contributed by atoms with Crippen molar-refractivity contribution in [2.75, 3.05) is 7.05 Å². The number of rotatable bonds is 4. The molecule has 112 valence electrons. The first kappa shape index (κ1) is 16.3. The van der Waals surface area contributed by atoms with Gasteiger partial charge in [-0.2, -0.15) is 5.10 Å². The van der Waals surface area contributed by atoms with Gasteiger partial charge >= 0.3 is 0 Å². The monoisotopic (exact) mass is 389 g/mol. The molecular weight excluding hydrogens is 377 g/mol. The SMILES string of the molecule is CCn1ncc(Br)c1CN(C)C(=O)c1ccc(Cl)cc1Cl. The van der Waals surface area contributed by atoms with E-state index in [1.807, 2.05) is 11.6 Å². The summed E-state index contributed by atoms with van der Waals surface area (Å²) in [5, 5.41) is 5.09. The van der Waals surface area contributed by atoms with Gasteiger partial charge in [-0.3, -0.25) is 9.48 Å². The molecule has 0 aliphatic rings. The van der Waals surface area contributed by atoms with Gasteiger partial charge in [0, 0.05) is 18.6 Å². The summed E-state index contributed by atoms with van der Waals surface area (Å²) in [5.74, 6) is -0.160. The lowest BCUT2D eigenvalue weighted by molar-refractivity contribution is 0.0781. The number of aryl methyl sites for hydroxylation is 1. The summed E-state index contributed by atoms with van der Waals surface area (Å²) in [5.41, 5.74) is 1.38. The van der Waals surface area contributed by atoms with Crippen molar-refractivity contribution in [3.8, 4) is 0 Å². The van der Waals surface area contributed by atoms with Gasteiger partial charge in [-0.1, -0.05) is 23.2 Å². The maximum absolute atomic E-state index is 12.5. The minimum atomic E-state index is -0.160. The summed E-state index contributed by atoms with van der Waals surface area (Å²) in [7, 11) is 1.73. The van der Waals surface area contributed by atoms with Crippen molar-refractivity contribution in [2.24, 2.45) is 0 Å². The molecule has 0 fully saturated rings. The number of carbonyl (C=O) groups excluding carboxylic acids is 1. The van der Waals surface area contributed by atoms with Gasteiger partial charge in [0.05, 0.1) is 33.5 Å². The van der Waals surface area contributed by atoms with E-state index in [9.17, 15) is 4.79 Å². The van der Waals surface area contributed by atoms with E-state index in [-0.39, 0.29) is 5.91 Å². The fourth-order valence-corrected chi connectivity index (χ4v) is 2.89. The third kappa shape index (κ3) is 3.59. The van der Waals surface area contributed by atoms with Gasteiger partial charge in [0.15, 0.2) is 0 Å². The summed E-state index contributed by atoms with van der Waals surface area (Å²) in [4.78, 5) is 14.1. The van der Waals surface area contributed by atoms with Crippen molar-refractivity contribution in [3.05, 3.63) is 50.2 Å². The number of benzene rings is 1. The average Bonchev–Trinajstić information content (AvgIpc) is 2.79. The maximum atomic E-state index is 12.5. The van der Waals surface area contributed by atoms with Crippen LogP contribution in [0.3, 0.4) is 0 Å². The molecule has 0 unspecified atom stereocenters. The van der Waals surface area contributed by atoms with Gasteiger partial charge in [0.2, 0.25) is 0 Å². The second-order valence-electron chi connectivity index (χ2n) is 4.54. The Labute approximate surface area is 141 Å². The molecule has 0 atom stereocenters. The first-order valence-electron chi connectivity index (χ1n) is 6.34. The Hall–Kier alpha value is -1.04. The molecule has 0 radical (unpaired) electrons. The van der Waals surface area contributed by atoms with E-state index in [4.69, 9.17) is 23.2 Å². The largest absolute Gasteiger partial charge is 0.336 e. The third-order valence-electron chi connectivity index (χ3n) is 3.09. The highest BCUT2D eigenvalue weighted by Gasteiger charge is 2.18. The molecule has 0 bridgehead atoms. The highest BCUT2D eigenvalue weighted by Crippen LogP contribution is 2.23. The predicted octanol–water partition coefficient (Wildman–Crippen LogP) is 4.24. The summed E-state index contributed by atoms with van der Waals surface area (Å²) in [6.45, 7) is 3.18. The van der Waals surface area contributed by atoms with Crippen LogP contribution in [0.5, 0.6) is 0 Å². The molecule has 2 aromatic rings. The smallest absolute Gasteiger partial charge is 0.255 e. The Bertz CT molecular complexity index is 672. The molecule has 1 aromatic carbocycles. The van der Waals surface area contributed by atoms with Gasteiger partial charge < -0.3 is 4.90 Å². The Kier molecular flexibility index (Phi) is 5.30. The zero-order chi connectivity index (χ0) is 15.6. The van der Waals surface area contributed by atoms with Gasteiger partial charge in [0.1, 0.15) is 0 Å². The van der Waals surface area contributed by atoms with Crippen molar-refractivity contribution in [3.63, 3.8) is 0 Å². The van der Waals surface area contributed by atoms with Crippen LogP contribution in [0.2, 0.25) is 10.0 Å². The number of halogens is 3. The van der Waals surface area contributed by atoms with E-state index >= 15 is 0 Å². The standard InChI is InChI=1S/C14H14BrCl2N3O/c1-3-20-13(11(15)7-18-20)8-19(2)14(21)10-5-4-9(16)6-12(10)17/h4-7H,3,8H2,1-2H3. The van der Waals surface area contributed by atoms with E-state index in [1.54, 1.807) is 36.3 Å². The Morgan fingerprint density at radius 2 is 2.14 bits per heavy atom. The van der Waals surface area contributed by atoms with Crippen LogP contribution in [-0.4, -0.2) is 27.6 Å². The molecule has 7 heteroatoms. The van der Waals surface area contributed by atoms with Crippen LogP contribution in [-0.2, 0) is 13.1 Å². The number of hydrogen-bond acceptors (Lipinski definition) is 2. The fraction of sp³-hybridized carbons (Fsp3) is 0.286. The minimum Gasteiger partial charge on any atom is -0.336 e. The normalized spacial score (nSPS) is 10.7. The second-order valence-corrected chi connectivity index (χ2v) is 6.24. The molecule has 2 rings (SSSR count). The van der Waals surface area contributed by atoms with Crippen molar-refractivity contribution >= 4 is 45.0 Å². The van der Waals surface area contributed by atoms with E-state index in [0.717, 1.165) is 16.7 Å². The molecule has 1 heterocycles. The van der Waals surface area contributed by atoms with Gasteiger partial charge in [-0.05, 0) is 41.1 Å².